The van der Waals surface area contributed by atoms with Gasteiger partial charge in [-0.15, -0.1) is 0 Å². The van der Waals surface area contributed by atoms with Crippen LogP contribution in [-0.2, 0) is 0 Å². The molecule has 1 aromatic heterocycles. The molecule has 2 atom stereocenters. The molecule has 1 heterocycles. The molecular weight excluding hydrogens is 247 g/mol. The Bertz CT molecular complexity index is 546. The van der Waals surface area contributed by atoms with E-state index in [1.165, 1.54) is 12.1 Å². The standard InChI is InChI=1S/C14H17FN2O2/c1-4-12(9(3)18)14-16-13(17-19-14)10-5-8(2)6-11(15)7-10/h5-7,9,12,18H,4H2,1-3H3. The van der Waals surface area contributed by atoms with Crippen LogP contribution in [0.4, 0.5) is 4.39 Å². The maximum atomic E-state index is 13.3. The van der Waals surface area contributed by atoms with Crippen LogP contribution in [0.5, 0.6) is 0 Å². The molecule has 0 saturated carbocycles. The van der Waals surface area contributed by atoms with Gasteiger partial charge in [0, 0.05) is 5.56 Å². The lowest BCUT2D eigenvalue weighted by Gasteiger charge is -2.12. The molecule has 0 fully saturated rings. The van der Waals surface area contributed by atoms with Crippen molar-refractivity contribution in [2.24, 2.45) is 0 Å². The molecule has 19 heavy (non-hydrogen) atoms. The van der Waals surface area contributed by atoms with Gasteiger partial charge in [-0.2, -0.15) is 4.98 Å². The molecule has 2 aromatic rings. The highest BCUT2D eigenvalue weighted by Crippen LogP contribution is 2.25. The number of aliphatic hydroxyl groups is 1. The van der Waals surface area contributed by atoms with E-state index in [9.17, 15) is 9.50 Å². The summed E-state index contributed by atoms with van der Waals surface area (Å²) in [6.07, 6.45) is 0.133. The number of nitrogens with zero attached hydrogens (tertiary/aromatic N) is 2. The minimum atomic E-state index is -0.562. The van der Waals surface area contributed by atoms with Crippen LogP contribution >= 0.6 is 0 Å². The summed E-state index contributed by atoms with van der Waals surface area (Å²) in [7, 11) is 0. The van der Waals surface area contributed by atoms with Crippen molar-refractivity contribution in [2.75, 3.05) is 0 Å². The minimum Gasteiger partial charge on any atom is -0.393 e. The Morgan fingerprint density at radius 1 is 1.37 bits per heavy atom. The average Bonchev–Trinajstić information content (AvgIpc) is 2.77. The van der Waals surface area contributed by atoms with Crippen LogP contribution in [0.3, 0.4) is 0 Å². The van der Waals surface area contributed by atoms with Gasteiger partial charge in [0.15, 0.2) is 0 Å². The molecular formula is C14H17FN2O2. The Morgan fingerprint density at radius 3 is 2.68 bits per heavy atom. The fourth-order valence-corrected chi connectivity index (χ4v) is 2.09. The van der Waals surface area contributed by atoms with Crippen LogP contribution in [0.15, 0.2) is 22.7 Å². The molecule has 0 amide bonds. The normalized spacial score (nSPS) is 14.4. The first-order chi connectivity index (χ1) is 9.01. The fraction of sp³-hybridized carbons (Fsp3) is 0.429. The number of halogens is 1. The van der Waals surface area contributed by atoms with E-state index in [1.54, 1.807) is 19.9 Å². The third-order valence-corrected chi connectivity index (χ3v) is 3.08. The molecule has 0 aliphatic heterocycles. The van der Waals surface area contributed by atoms with Crippen molar-refractivity contribution in [1.82, 2.24) is 10.1 Å². The summed E-state index contributed by atoms with van der Waals surface area (Å²) < 4.78 is 18.5. The Kier molecular flexibility index (Phi) is 3.95. The second kappa shape index (κ2) is 5.48. The van der Waals surface area contributed by atoms with Crippen LogP contribution in [0, 0.1) is 12.7 Å². The fourth-order valence-electron chi connectivity index (χ4n) is 2.09. The molecule has 1 N–H and O–H groups in total. The van der Waals surface area contributed by atoms with E-state index >= 15 is 0 Å². The summed E-state index contributed by atoms with van der Waals surface area (Å²) in [4.78, 5) is 4.25. The highest BCUT2D eigenvalue weighted by molar-refractivity contribution is 5.55. The lowest BCUT2D eigenvalue weighted by atomic mass is 10.0. The van der Waals surface area contributed by atoms with Crippen LogP contribution in [0.2, 0.25) is 0 Å². The summed E-state index contributed by atoms with van der Waals surface area (Å²) >= 11 is 0. The van der Waals surface area contributed by atoms with Crippen molar-refractivity contribution in [3.05, 3.63) is 35.5 Å². The molecule has 5 heteroatoms. The molecule has 102 valence electrons. The summed E-state index contributed by atoms with van der Waals surface area (Å²) in [5.74, 6) is 0.200. The van der Waals surface area contributed by atoms with Crippen molar-refractivity contribution in [2.45, 2.75) is 39.2 Å². The molecule has 0 aliphatic carbocycles. The van der Waals surface area contributed by atoms with E-state index in [4.69, 9.17) is 4.52 Å². The van der Waals surface area contributed by atoms with Crippen molar-refractivity contribution in [3.63, 3.8) is 0 Å². The molecule has 0 radical (unpaired) electrons. The van der Waals surface area contributed by atoms with Gasteiger partial charge in [-0.25, -0.2) is 4.39 Å². The van der Waals surface area contributed by atoms with Gasteiger partial charge in [-0.3, -0.25) is 0 Å². The third-order valence-electron chi connectivity index (χ3n) is 3.08. The molecule has 0 aliphatic rings. The largest absolute Gasteiger partial charge is 0.393 e. The van der Waals surface area contributed by atoms with Gasteiger partial charge < -0.3 is 9.63 Å². The van der Waals surface area contributed by atoms with E-state index in [2.05, 4.69) is 10.1 Å². The Morgan fingerprint density at radius 2 is 2.11 bits per heavy atom. The Hall–Kier alpha value is -1.75. The molecule has 0 saturated heterocycles. The number of rotatable bonds is 4. The number of benzene rings is 1. The first-order valence-electron chi connectivity index (χ1n) is 6.30. The highest BCUT2D eigenvalue weighted by atomic mass is 19.1. The van der Waals surface area contributed by atoms with E-state index < -0.39 is 6.10 Å². The van der Waals surface area contributed by atoms with Gasteiger partial charge >= 0.3 is 0 Å². The quantitative estimate of drug-likeness (QED) is 0.922. The van der Waals surface area contributed by atoms with E-state index in [0.717, 1.165) is 5.56 Å². The van der Waals surface area contributed by atoms with E-state index in [-0.39, 0.29) is 11.7 Å². The zero-order valence-corrected chi connectivity index (χ0v) is 11.2. The Labute approximate surface area is 111 Å². The predicted octanol–water partition coefficient (Wildman–Crippen LogP) is 3.06. The number of hydrogen-bond acceptors (Lipinski definition) is 4. The predicted molar refractivity (Wildman–Crippen MR) is 69.1 cm³/mol. The van der Waals surface area contributed by atoms with Crippen molar-refractivity contribution in [1.29, 1.82) is 0 Å². The van der Waals surface area contributed by atoms with Crippen molar-refractivity contribution < 1.29 is 14.0 Å². The maximum absolute atomic E-state index is 13.3. The number of aliphatic hydroxyl groups excluding tert-OH is 1. The second-order valence-electron chi connectivity index (χ2n) is 4.73. The average molecular weight is 264 g/mol. The topological polar surface area (TPSA) is 59.2 Å². The molecule has 1 aromatic carbocycles. The third kappa shape index (κ3) is 2.98. The summed E-state index contributed by atoms with van der Waals surface area (Å²) in [5, 5.41) is 13.5. The van der Waals surface area contributed by atoms with Crippen LogP contribution in [0.25, 0.3) is 11.4 Å². The lowest BCUT2D eigenvalue weighted by molar-refractivity contribution is 0.141. The smallest absolute Gasteiger partial charge is 0.232 e. The van der Waals surface area contributed by atoms with Gasteiger partial charge in [0.05, 0.1) is 12.0 Å². The van der Waals surface area contributed by atoms with E-state index in [0.29, 0.717) is 23.7 Å². The van der Waals surface area contributed by atoms with Gasteiger partial charge in [-0.05, 0) is 44.0 Å². The zero-order chi connectivity index (χ0) is 14.0. The number of hydrogen-bond donors (Lipinski definition) is 1. The minimum absolute atomic E-state index is 0.198. The summed E-state index contributed by atoms with van der Waals surface area (Å²) in [6, 6.07) is 4.60. The molecule has 4 nitrogen and oxygen atoms in total. The van der Waals surface area contributed by atoms with Crippen molar-refractivity contribution in [3.8, 4) is 11.4 Å². The first-order valence-corrected chi connectivity index (χ1v) is 6.30. The van der Waals surface area contributed by atoms with E-state index in [1.807, 2.05) is 6.92 Å². The van der Waals surface area contributed by atoms with Gasteiger partial charge in [-0.1, -0.05) is 12.1 Å². The van der Waals surface area contributed by atoms with Crippen LogP contribution in [0.1, 0.15) is 37.6 Å². The summed E-state index contributed by atoms with van der Waals surface area (Å²) in [5.41, 5.74) is 1.37. The molecule has 0 spiro atoms. The first kappa shape index (κ1) is 13.7. The van der Waals surface area contributed by atoms with Crippen molar-refractivity contribution >= 4 is 0 Å². The monoisotopic (exact) mass is 264 g/mol. The maximum Gasteiger partial charge on any atom is 0.232 e. The molecule has 0 bridgehead atoms. The van der Waals surface area contributed by atoms with Gasteiger partial charge in [0.2, 0.25) is 11.7 Å². The van der Waals surface area contributed by atoms with Gasteiger partial charge in [0.1, 0.15) is 5.82 Å². The second-order valence-corrected chi connectivity index (χ2v) is 4.73. The summed E-state index contributed by atoms with van der Waals surface area (Å²) in [6.45, 7) is 5.43. The number of aromatic nitrogens is 2. The van der Waals surface area contributed by atoms with Crippen LogP contribution < -0.4 is 0 Å². The van der Waals surface area contributed by atoms with Crippen LogP contribution in [-0.4, -0.2) is 21.4 Å². The van der Waals surface area contributed by atoms with Gasteiger partial charge in [0.25, 0.3) is 0 Å². The Balaban J connectivity index is 2.35. The highest BCUT2D eigenvalue weighted by Gasteiger charge is 2.22. The molecule has 2 unspecified atom stereocenters. The zero-order valence-electron chi connectivity index (χ0n) is 11.2. The lowest BCUT2D eigenvalue weighted by Crippen LogP contribution is -2.13. The SMILES string of the molecule is CCC(c1nc(-c2cc(C)cc(F)c2)no1)C(C)O. The number of aryl methyl sites for hydroxylation is 1. The molecule has 2 rings (SSSR count).